The van der Waals surface area contributed by atoms with Crippen LogP contribution in [-0.2, 0) is 19.9 Å². The van der Waals surface area contributed by atoms with E-state index in [0.717, 1.165) is 11.8 Å². The third-order valence-electron chi connectivity index (χ3n) is 1.21. The molecule has 68 valence electrons. The third-order valence-corrected chi connectivity index (χ3v) is 2.94. The molecular weight excluding hydrogens is 206 g/mol. The maximum atomic E-state index is 10.8. The lowest BCUT2D eigenvalue weighted by molar-refractivity contribution is -0.137. The van der Waals surface area contributed by atoms with Gasteiger partial charge >= 0.3 is 16.2 Å². The minimum absolute atomic E-state index is 0.159. The van der Waals surface area contributed by atoms with Crippen molar-refractivity contribution in [2.75, 3.05) is 12.3 Å². The van der Waals surface area contributed by atoms with Gasteiger partial charge in [0.25, 0.3) is 5.12 Å². The zero-order valence-electron chi connectivity index (χ0n) is 5.76. The summed E-state index contributed by atoms with van der Waals surface area (Å²) in [6, 6.07) is 0. The Balaban J connectivity index is 2.93. The standard InChI is InChI=1S/C4H5NO5S2/c6-3-4(7)11-2-1-5(3)12(8,9)10/h1-2H2,(H,8,9,10). The van der Waals surface area contributed by atoms with Crippen LogP contribution < -0.4 is 0 Å². The van der Waals surface area contributed by atoms with E-state index in [1.54, 1.807) is 0 Å². The predicted octanol–water partition coefficient (Wildman–Crippen LogP) is -1.11. The summed E-state index contributed by atoms with van der Waals surface area (Å²) in [7, 11) is -4.56. The van der Waals surface area contributed by atoms with Crippen LogP contribution >= 0.6 is 11.8 Å². The molecule has 1 aliphatic heterocycles. The molecule has 0 saturated carbocycles. The van der Waals surface area contributed by atoms with Crippen molar-refractivity contribution >= 4 is 33.1 Å². The molecule has 1 saturated heterocycles. The Morgan fingerprint density at radius 2 is 2.00 bits per heavy atom. The number of hydrogen-bond donors (Lipinski definition) is 1. The number of nitrogens with zero attached hydrogens (tertiary/aromatic N) is 1. The highest BCUT2D eigenvalue weighted by molar-refractivity contribution is 8.15. The van der Waals surface area contributed by atoms with Gasteiger partial charge in [0.15, 0.2) is 0 Å². The van der Waals surface area contributed by atoms with Crippen molar-refractivity contribution in [1.82, 2.24) is 4.31 Å². The fraction of sp³-hybridized carbons (Fsp3) is 0.500. The van der Waals surface area contributed by atoms with Gasteiger partial charge in [-0.3, -0.25) is 14.1 Å². The Morgan fingerprint density at radius 1 is 1.42 bits per heavy atom. The van der Waals surface area contributed by atoms with Crippen molar-refractivity contribution < 1.29 is 22.6 Å². The average Bonchev–Trinajstić information content (AvgIpc) is 1.92. The topological polar surface area (TPSA) is 91.8 Å². The summed E-state index contributed by atoms with van der Waals surface area (Å²) in [5, 5.41) is -0.862. The zero-order valence-corrected chi connectivity index (χ0v) is 7.39. The van der Waals surface area contributed by atoms with Crippen molar-refractivity contribution in [3.8, 4) is 0 Å². The van der Waals surface area contributed by atoms with Crippen molar-refractivity contribution in [3.05, 3.63) is 0 Å². The molecule has 1 heterocycles. The van der Waals surface area contributed by atoms with E-state index in [0.29, 0.717) is 0 Å². The summed E-state index contributed by atoms with van der Waals surface area (Å²) in [6.07, 6.45) is 0. The summed E-state index contributed by atoms with van der Waals surface area (Å²) in [5.74, 6) is -1.00. The van der Waals surface area contributed by atoms with E-state index in [4.69, 9.17) is 4.55 Å². The molecule has 1 N–H and O–H groups in total. The van der Waals surface area contributed by atoms with Crippen LogP contribution in [0, 0.1) is 0 Å². The number of thioether (sulfide) groups is 1. The molecule has 0 unspecified atom stereocenters. The second-order valence-electron chi connectivity index (χ2n) is 1.99. The largest absolute Gasteiger partial charge is 0.362 e. The normalized spacial score (nSPS) is 19.9. The molecule has 0 spiro atoms. The fourth-order valence-electron chi connectivity index (χ4n) is 0.706. The molecule has 0 aromatic heterocycles. The molecule has 0 bridgehead atoms. The molecule has 1 fully saturated rings. The Kier molecular flexibility index (Phi) is 2.40. The Labute approximate surface area is 72.8 Å². The predicted molar refractivity (Wildman–Crippen MR) is 40.7 cm³/mol. The van der Waals surface area contributed by atoms with Crippen LogP contribution in [-0.4, -0.2) is 40.6 Å². The first-order valence-corrected chi connectivity index (χ1v) is 5.27. The lowest BCUT2D eigenvalue weighted by atomic mass is 10.6. The van der Waals surface area contributed by atoms with E-state index in [2.05, 4.69) is 0 Å². The van der Waals surface area contributed by atoms with Crippen LogP contribution in [0.4, 0.5) is 0 Å². The van der Waals surface area contributed by atoms with Gasteiger partial charge < -0.3 is 0 Å². The zero-order chi connectivity index (χ0) is 9.35. The number of carbonyl (C=O) groups is 2. The van der Waals surface area contributed by atoms with Crippen LogP contribution in [0.25, 0.3) is 0 Å². The SMILES string of the molecule is O=C1SCCN(S(=O)(=O)O)C1=O. The van der Waals surface area contributed by atoms with E-state index in [1.807, 2.05) is 0 Å². The summed E-state index contributed by atoms with van der Waals surface area (Å²) in [6.45, 7) is -0.159. The highest BCUT2D eigenvalue weighted by atomic mass is 32.2. The van der Waals surface area contributed by atoms with Crippen molar-refractivity contribution in [1.29, 1.82) is 0 Å². The molecule has 8 heteroatoms. The van der Waals surface area contributed by atoms with E-state index >= 15 is 0 Å². The highest BCUT2D eigenvalue weighted by Gasteiger charge is 2.34. The molecule has 1 amide bonds. The monoisotopic (exact) mass is 211 g/mol. The van der Waals surface area contributed by atoms with Gasteiger partial charge in [0, 0.05) is 12.3 Å². The van der Waals surface area contributed by atoms with Gasteiger partial charge in [0.05, 0.1) is 0 Å². The van der Waals surface area contributed by atoms with Crippen LogP contribution in [0.2, 0.25) is 0 Å². The molecule has 1 aliphatic rings. The number of amides is 1. The third kappa shape index (κ3) is 1.76. The van der Waals surface area contributed by atoms with Crippen molar-refractivity contribution in [3.63, 3.8) is 0 Å². The fourth-order valence-corrected chi connectivity index (χ4v) is 2.19. The van der Waals surface area contributed by atoms with Crippen LogP contribution in [0.1, 0.15) is 0 Å². The molecule has 0 aromatic rings. The van der Waals surface area contributed by atoms with Gasteiger partial charge in [-0.1, -0.05) is 11.8 Å². The second-order valence-corrected chi connectivity index (χ2v) is 4.40. The second kappa shape index (κ2) is 3.04. The Hall–Kier alpha value is -0.600. The van der Waals surface area contributed by atoms with E-state index in [1.165, 1.54) is 0 Å². The molecule has 0 aliphatic carbocycles. The Bertz CT molecular complexity index is 320. The number of carbonyl (C=O) groups excluding carboxylic acids is 2. The molecule has 6 nitrogen and oxygen atoms in total. The van der Waals surface area contributed by atoms with Gasteiger partial charge in [0.1, 0.15) is 0 Å². The van der Waals surface area contributed by atoms with Gasteiger partial charge in [-0.25, -0.2) is 4.31 Å². The molecule has 0 radical (unpaired) electrons. The van der Waals surface area contributed by atoms with Gasteiger partial charge in [-0.05, 0) is 0 Å². The van der Waals surface area contributed by atoms with Gasteiger partial charge in [0.2, 0.25) is 0 Å². The van der Waals surface area contributed by atoms with E-state index in [-0.39, 0.29) is 16.6 Å². The number of rotatable bonds is 1. The van der Waals surface area contributed by atoms with E-state index in [9.17, 15) is 18.0 Å². The Morgan fingerprint density at radius 3 is 2.42 bits per heavy atom. The van der Waals surface area contributed by atoms with Gasteiger partial charge in [-0.15, -0.1) is 0 Å². The summed E-state index contributed by atoms with van der Waals surface area (Å²) < 4.78 is 29.5. The molecule has 12 heavy (non-hydrogen) atoms. The first kappa shape index (κ1) is 9.49. The average molecular weight is 211 g/mol. The van der Waals surface area contributed by atoms with Crippen LogP contribution in [0.5, 0.6) is 0 Å². The first-order chi connectivity index (χ1) is 5.43. The van der Waals surface area contributed by atoms with Crippen LogP contribution in [0.15, 0.2) is 0 Å². The lowest BCUT2D eigenvalue weighted by Crippen LogP contribution is -2.44. The van der Waals surface area contributed by atoms with Crippen LogP contribution in [0.3, 0.4) is 0 Å². The molecule has 1 rings (SSSR count). The maximum absolute atomic E-state index is 10.8. The molecule has 0 atom stereocenters. The lowest BCUT2D eigenvalue weighted by Gasteiger charge is -2.20. The minimum Gasteiger partial charge on any atom is -0.276 e. The summed E-state index contributed by atoms with van der Waals surface area (Å²) in [5.41, 5.74) is 0. The van der Waals surface area contributed by atoms with Crippen molar-refractivity contribution in [2.24, 2.45) is 0 Å². The molecular formula is C4H5NO5S2. The first-order valence-electron chi connectivity index (χ1n) is 2.89. The minimum atomic E-state index is -4.56. The van der Waals surface area contributed by atoms with Crippen molar-refractivity contribution in [2.45, 2.75) is 0 Å². The number of hydrogen-bond acceptors (Lipinski definition) is 5. The van der Waals surface area contributed by atoms with E-state index < -0.39 is 21.3 Å². The maximum Gasteiger partial charge on any atom is 0.362 e. The summed E-state index contributed by atoms with van der Waals surface area (Å²) in [4.78, 5) is 21.4. The molecule has 0 aromatic carbocycles. The smallest absolute Gasteiger partial charge is 0.276 e. The quantitative estimate of drug-likeness (QED) is 0.437. The summed E-state index contributed by atoms with van der Waals surface area (Å²) >= 11 is 0.740. The highest BCUT2D eigenvalue weighted by Crippen LogP contribution is 2.14. The van der Waals surface area contributed by atoms with Gasteiger partial charge in [-0.2, -0.15) is 8.42 Å².